The normalized spacial score (nSPS) is 44.7. The van der Waals surface area contributed by atoms with Crippen molar-refractivity contribution < 1.29 is 29.8 Å². The fourth-order valence-corrected chi connectivity index (χ4v) is 1.28. The van der Waals surface area contributed by atoms with Crippen molar-refractivity contribution in [1.29, 1.82) is 0 Å². The van der Waals surface area contributed by atoms with Gasteiger partial charge in [-0.25, -0.2) is 0 Å². The SMILES string of the molecule is [O+]#CC1(CO)O[C@H](CO)[C@@H](O)[C@@H]1O. The molecular weight excluding hydrogens is 180 g/mol. The predicted molar refractivity (Wildman–Crippen MR) is 38.4 cm³/mol. The van der Waals surface area contributed by atoms with Gasteiger partial charge < -0.3 is 0 Å². The van der Waals surface area contributed by atoms with Gasteiger partial charge in [0.25, 0.3) is 0 Å². The zero-order valence-electron chi connectivity index (χ0n) is 6.75. The summed E-state index contributed by atoms with van der Waals surface area (Å²) >= 11 is 0. The maximum absolute atomic E-state index is 10.4. The van der Waals surface area contributed by atoms with Gasteiger partial charge >= 0.3 is 73.1 Å². The number of rotatable bonds is 2. The molecule has 1 rings (SSSR count). The Morgan fingerprint density at radius 1 is 1.38 bits per heavy atom. The van der Waals surface area contributed by atoms with Gasteiger partial charge in [-0.3, -0.25) is 0 Å². The molecule has 0 saturated carbocycles. The third-order valence-corrected chi connectivity index (χ3v) is 2.13. The molecule has 6 heteroatoms. The van der Waals surface area contributed by atoms with E-state index in [1.54, 1.807) is 0 Å². The quantitative estimate of drug-likeness (QED) is 0.353. The molecule has 0 amide bonds. The molecule has 0 aliphatic carbocycles. The average Bonchev–Trinajstić information content (AvgIpc) is 2.42. The van der Waals surface area contributed by atoms with Crippen LogP contribution in [0, 0.1) is 6.15 Å². The Morgan fingerprint density at radius 3 is 2.23 bits per heavy atom. The summed E-state index contributed by atoms with van der Waals surface area (Å²) in [5.41, 5.74) is -1.92. The summed E-state index contributed by atoms with van der Waals surface area (Å²) in [5, 5.41) is 36.0. The number of hydrogen-bond donors (Lipinski definition) is 4. The Morgan fingerprint density at radius 2 is 2.00 bits per heavy atom. The number of ether oxygens (including phenoxy) is 1. The second kappa shape index (κ2) is 3.73. The van der Waals surface area contributed by atoms with Crippen LogP contribution in [0.2, 0.25) is 0 Å². The predicted octanol–water partition coefficient (Wildman–Crippen LogP) is -2.78. The third-order valence-electron chi connectivity index (χ3n) is 2.13. The molecule has 0 radical (unpaired) electrons. The summed E-state index contributed by atoms with van der Waals surface area (Å²) in [7, 11) is 0. The van der Waals surface area contributed by atoms with Gasteiger partial charge in [0.05, 0.1) is 0 Å². The zero-order valence-corrected chi connectivity index (χ0v) is 6.75. The first-order chi connectivity index (χ1) is 6.11. The second-order valence-corrected chi connectivity index (χ2v) is 2.92. The van der Waals surface area contributed by atoms with Crippen molar-refractivity contribution in [1.82, 2.24) is 0 Å². The molecule has 4 atom stereocenters. The Bertz CT molecular complexity index is 224. The van der Waals surface area contributed by atoms with E-state index < -0.39 is 37.1 Å². The molecule has 74 valence electrons. The number of aliphatic hydroxyl groups excluding tert-OH is 4. The summed E-state index contributed by atoms with van der Waals surface area (Å²) in [4.78, 5) is 0. The van der Waals surface area contributed by atoms with Crippen molar-refractivity contribution >= 4 is 0 Å². The van der Waals surface area contributed by atoms with Crippen LogP contribution in [0.15, 0.2) is 0 Å². The first-order valence-corrected chi connectivity index (χ1v) is 3.76. The Hall–Kier alpha value is -0.460. The minimum atomic E-state index is -1.92. The average molecular weight is 191 g/mol. The third kappa shape index (κ3) is 1.49. The molecule has 6 nitrogen and oxygen atoms in total. The van der Waals surface area contributed by atoms with Gasteiger partial charge in [-0.1, -0.05) is 0 Å². The van der Waals surface area contributed by atoms with E-state index in [0.717, 1.165) is 0 Å². The second-order valence-electron chi connectivity index (χ2n) is 2.92. The molecular formula is C7H11O6+. The molecule has 1 aliphatic rings. The molecule has 1 unspecified atom stereocenters. The van der Waals surface area contributed by atoms with Crippen LogP contribution >= 0.6 is 0 Å². The first-order valence-electron chi connectivity index (χ1n) is 3.76. The number of hydrogen-bond acceptors (Lipinski definition) is 5. The first kappa shape index (κ1) is 10.6. The summed E-state index contributed by atoms with van der Waals surface area (Å²) in [5.74, 6) is 0. The van der Waals surface area contributed by atoms with Gasteiger partial charge in [-0.05, 0) is 0 Å². The summed E-state index contributed by atoms with van der Waals surface area (Å²) in [6.07, 6.45) is -2.69. The Labute approximate surface area is 74.1 Å². The van der Waals surface area contributed by atoms with Gasteiger partial charge in [-0.2, -0.15) is 0 Å². The minimum absolute atomic E-state index is 0.540. The van der Waals surface area contributed by atoms with E-state index in [0.29, 0.717) is 0 Å². The van der Waals surface area contributed by atoms with Crippen LogP contribution in [0.25, 0.3) is 0 Å². The molecule has 1 fully saturated rings. The van der Waals surface area contributed by atoms with E-state index in [-0.39, 0.29) is 0 Å². The molecule has 0 spiro atoms. The van der Waals surface area contributed by atoms with Crippen molar-refractivity contribution in [2.75, 3.05) is 13.2 Å². The van der Waals surface area contributed by atoms with Gasteiger partial charge in [0, 0.05) is 0 Å². The van der Waals surface area contributed by atoms with Gasteiger partial charge in [0.15, 0.2) is 0 Å². The van der Waals surface area contributed by atoms with Crippen LogP contribution in [0.5, 0.6) is 0 Å². The van der Waals surface area contributed by atoms with Crippen molar-refractivity contribution in [2.45, 2.75) is 23.9 Å². The number of aliphatic hydroxyl groups is 4. The molecule has 4 N–H and O–H groups in total. The van der Waals surface area contributed by atoms with Crippen LogP contribution in [-0.4, -0.2) is 57.6 Å². The molecule has 13 heavy (non-hydrogen) atoms. The summed E-state index contributed by atoms with van der Waals surface area (Å²) < 4.78 is 15.2. The fraction of sp³-hybridized carbons (Fsp3) is 0.857. The monoisotopic (exact) mass is 191 g/mol. The molecule has 0 aromatic rings. The topological polar surface area (TPSA) is 110 Å². The standard InChI is InChI=1S/C7H11O6/c8-1-4-5(11)6(12)7(2-9,3-10)13-4/h4-6,8-9,11-12H,1-2H2/q+1/t4-,5-,6+,7?/m1/s1. The van der Waals surface area contributed by atoms with E-state index in [4.69, 9.17) is 14.9 Å². The summed E-state index contributed by atoms with van der Waals surface area (Å²) in [6, 6.07) is 0. The van der Waals surface area contributed by atoms with E-state index in [9.17, 15) is 14.9 Å². The molecule has 0 aromatic carbocycles. The van der Waals surface area contributed by atoms with Crippen LogP contribution < -0.4 is 0 Å². The van der Waals surface area contributed by atoms with Crippen LogP contribution in [-0.2, 0) is 9.39 Å². The zero-order chi connectivity index (χ0) is 10.1. The van der Waals surface area contributed by atoms with Gasteiger partial charge in [0.2, 0.25) is 0 Å². The molecule has 1 aliphatic heterocycles. The molecule has 1 saturated heterocycles. The van der Waals surface area contributed by atoms with Crippen LogP contribution in [0.1, 0.15) is 0 Å². The molecule has 0 aromatic heterocycles. The van der Waals surface area contributed by atoms with E-state index in [2.05, 4.69) is 0 Å². The van der Waals surface area contributed by atoms with Crippen molar-refractivity contribution in [3.05, 3.63) is 0 Å². The van der Waals surface area contributed by atoms with Crippen LogP contribution in [0.3, 0.4) is 0 Å². The Balaban J connectivity index is 2.87. The van der Waals surface area contributed by atoms with Crippen molar-refractivity contribution in [3.8, 4) is 6.15 Å². The van der Waals surface area contributed by atoms with Gasteiger partial charge in [0.1, 0.15) is 0 Å². The maximum atomic E-state index is 10.4. The van der Waals surface area contributed by atoms with E-state index >= 15 is 0 Å². The van der Waals surface area contributed by atoms with Crippen molar-refractivity contribution in [2.24, 2.45) is 0 Å². The van der Waals surface area contributed by atoms with E-state index in [1.807, 2.05) is 0 Å². The fourth-order valence-electron chi connectivity index (χ4n) is 1.28. The summed E-state index contributed by atoms with van der Waals surface area (Å²) in [6.45, 7) is -1.33. The van der Waals surface area contributed by atoms with Crippen molar-refractivity contribution in [3.63, 3.8) is 0 Å². The van der Waals surface area contributed by atoms with Gasteiger partial charge in [-0.15, -0.1) is 0 Å². The molecule has 0 bridgehead atoms. The van der Waals surface area contributed by atoms with Crippen LogP contribution in [0.4, 0.5) is 0 Å². The Kier molecular flexibility index (Phi) is 3.05. The van der Waals surface area contributed by atoms with E-state index in [1.165, 1.54) is 6.15 Å². The molecule has 1 heterocycles.